The highest BCUT2D eigenvalue weighted by molar-refractivity contribution is 5.85. The van der Waals surface area contributed by atoms with E-state index in [1.165, 1.54) is 5.56 Å². The molecule has 1 saturated heterocycles. The lowest BCUT2D eigenvalue weighted by atomic mass is 9.98. The fraction of sp³-hybridized carbons (Fsp3) is 0.294. The van der Waals surface area contributed by atoms with Gasteiger partial charge in [-0.25, -0.2) is 0 Å². The molecular formula is C34H37N3O3. The molecule has 0 aliphatic carbocycles. The summed E-state index contributed by atoms with van der Waals surface area (Å²) in [5.74, 6) is 0.740. The lowest BCUT2D eigenvalue weighted by molar-refractivity contribution is -0.130. The standard InChI is InChI=1S/C34H37N3O3/c1-6-27-9-7-8-10-31(27)35-24(4)29-19-22(2)20-30-32(39)23(3)33(40-34(29)30)28-13-11-26(12-14-28)21-36-15-17-37(18-16-36)25(5)38/h6-14,19-20,24,35H,1,15-18,21H2,2-5H3. The molecule has 1 fully saturated rings. The van der Waals surface area contributed by atoms with Crippen molar-refractivity contribution in [2.75, 3.05) is 31.5 Å². The number of para-hydroxylation sites is 1. The molecule has 0 spiro atoms. The summed E-state index contributed by atoms with van der Waals surface area (Å²) in [6.07, 6.45) is 1.83. The second-order valence-electron chi connectivity index (χ2n) is 10.8. The Kier molecular flexibility index (Phi) is 7.90. The highest BCUT2D eigenvalue weighted by Gasteiger charge is 2.21. The summed E-state index contributed by atoms with van der Waals surface area (Å²) in [5.41, 5.74) is 7.23. The van der Waals surface area contributed by atoms with Crippen LogP contribution in [-0.2, 0) is 11.3 Å². The number of carbonyl (C=O) groups excluding carboxylic acids is 1. The van der Waals surface area contributed by atoms with Crippen LogP contribution in [0.25, 0.3) is 28.4 Å². The van der Waals surface area contributed by atoms with Crippen molar-refractivity contribution in [3.63, 3.8) is 0 Å². The van der Waals surface area contributed by atoms with E-state index in [-0.39, 0.29) is 17.4 Å². The zero-order chi connectivity index (χ0) is 28.4. The van der Waals surface area contributed by atoms with Gasteiger partial charge in [-0.05, 0) is 49.6 Å². The molecule has 5 rings (SSSR count). The van der Waals surface area contributed by atoms with Crippen LogP contribution < -0.4 is 10.7 Å². The van der Waals surface area contributed by atoms with Crippen molar-refractivity contribution in [3.8, 4) is 11.3 Å². The van der Waals surface area contributed by atoms with Crippen molar-refractivity contribution >= 4 is 28.6 Å². The number of nitrogens with zero attached hydrogens (tertiary/aromatic N) is 2. The third-order valence-corrected chi connectivity index (χ3v) is 7.85. The van der Waals surface area contributed by atoms with Crippen LogP contribution in [-0.4, -0.2) is 41.9 Å². The maximum absolute atomic E-state index is 13.6. The number of anilines is 1. The van der Waals surface area contributed by atoms with Gasteiger partial charge in [0.2, 0.25) is 5.91 Å². The number of rotatable bonds is 7. The Labute approximate surface area is 235 Å². The van der Waals surface area contributed by atoms with Crippen LogP contribution in [0.1, 0.15) is 47.7 Å². The molecule has 206 valence electrons. The minimum atomic E-state index is -0.104. The van der Waals surface area contributed by atoms with Crippen LogP contribution in [0.4, 0.5) is 5.69 Å². The van der Waals surface area contributed by atoms with E-state index in [1.54, 1.807) is 6.92 Å². The zero-order valence-electron chi connectivity index (χ0n) is 23.8. The molecular weight excluding hydrogens is 498 g/mol. The van der Waals surface area contributed by atoms with Gasteiger partial charge in [-0.15, -0.1) is 0 Å². The molecule has 2 heterocycles. The summed E-state index contributed by atoms with van der Waals surface area (Å²) in [5, 5.41) is 4.19. The predicted molar refractivity (Wildman–Crippen MR) is 163 cm³/mol. The summed E-state index contributed by atoms with van der Waals surface area (Å²) >= 11 is 0. The maximum Gasteiger partial charge on any atom is 0.219 e. The minimum Gasteiger partial charge on any atom is -0.455 e. The van der Waals surface area contributed by atoms with Gasteiger partial charge in [-0.3, -0.25) is 14.5 Å². The Morgan fingerprint density at radius 1 is 1.05 bits per heavy atom. The Morgan fingerprint density at radius 2 is 1.75 bits per heavy atom. The van der Waals surface area contributed by atoms with Gasteiger partial charge in [0.05, 0.1) is 11.4 Å². The van der Waals surface area contributed by atoms with E-state index in [1.807, 2.05) is 67.3 Å². The molecule has 1 aromatic heterocycles. The van der Waals surface area contributed by atoms with Crippen LogP contribution in [0.3, 0.4) is 0 Å². The normalized spacial score (nSPS) is 14.8. The number of carbonyl (C=O) groups is 1. The third-order valence-electron chi connectivity index (χ3n) is 7.85. The Morgan fingerprint density at radius 3 is 2.42 bits per heavy atom. The van der Waals surface area contributed by atoms with E-state index in [9.17, 15) is 9.59 Å². The lowest BCUT2D eigenvalue weighted by Gasteiger charge is -2.34. The number of aryl methyl sites for hydroxylation is 1. The Hall–Kier alpha value is -4.16. The summed E-state index contributed by atoms with van der Waals surface area (Å²) in [6, 6.07) is 20.2. The van der Waals surface area contributed by atoms with E-state index in [2.05, 4.69) is 41.9 Å². The average Bonchev–Trinajstić information content (AvgIpc) is 2.96. The van der Waals surface area contributed by atoms with Crippen molar-refractivity contribution in [2.45, 2.75) is 40.3 Å². The van der Waals surface area contributed by atoms with Crippen LogP contribution >= 0.6 is 0 Å². The summed E-state index contributed by atoms with van der Waals surface area (Å²) in [6.45, 7) is 15.6. The smallest absolute Gasteiger partial charge is 0.219 e. The van der Waals surface area contributed by atoms with Gasteiger partial charge in [0.15, 0.2) is 5.43 Å². The third kappa shape index (κ3) is 5.58. The molecule has 1 N–H and O–H groups in total. The first-order chi connectivity index (χ1) is 19.2. The van der Waals surface area contributed by atoms with Crippen LogP contribution in [0.2, 0.25) is 0 Å². The van der Waals surface area contributed by atoms with Crippen molar-refractivity contribution in [3.05, 3.63) is 105 Å². The van der Waals surface area contributed by atoms with Gasteiger partial charge in [0, 0.05) is 62.0 Å². The van der Waals surface area contributed by atoms with Gasteiger partial charge < -0.3 is 14.6 Å². The quantitative estimate of drug-likeness (QED) is 0.290. The molecule has 1 amide bonds. The van der Waals surface area contributed by atoms with Gasteiger partial charge in [-0.1, -0.05) is 61.2 Å². The van der Waals surface area contributed by atoms with Crippen molar-refractivity contribution < 1.29 is 9.21 Å². The molecule has 1 aliphatic rings. The van der Waals surface area contributed by atoms with E-state index in [4.69, 9.17) is 4.42 Å². The number of fused-ring (bicyclic) bond motifs is 1. The lowest BCUT2D eigenvalue weighted by Crippen LogP contribution is -2.47. The molecule has 1 aliphatic heterocycles. The van der Waals surface area contributed by atoms with Crippen molar-refractivity contribution in [2.24, 2.45) is 0 Å². The van der Waals surface area contributed by atoms with Crippen molar-refractivity contribution in [1.29, 1.82) is 0 Å². The first-order valence-corrected chi connectivity index (χ1v) is 13.9. The SMILES string of the molecule is C=Cc1ccccc1NC(C)c1cc(C)cc2c(=O)c(C)c(-c3ccc(CN4CCN(C(C)=O)CC4)cc3)oc12. The molecule has 0 saturated carbocycles. The first kappa shape index (κ1) is 27.4. The first-order valence-electron chi connectivity index (χ1n) is 13.9. The van der Waals surface area contributed by atoms with E-state index < -0.39 is 0 Å². The monoisotopic (exact) mass is 535 g/mol. The molecule has 6 heteroatoms. The van der Waals surface area contributed by atoms with Gasteiger partial charge in [0.25, 0.3) is 0 Å². The Bertz CT molecular complexity index is 1610. The summed E-state index contributed by atoms with van der Waals surface area (Å²) in [7, 11) is 0. The molecule has 4 aromatic rings. The molecule has 1 unspecified atom stereocenters. The molecule has 6 nitrogen and oxygen atoms in total. The zero-order valence-corrected chi connectivity index (χ0v) is 23.8. The van der Waals surface area contributed by atoms with Gasteiger partial charge in [-0.2, -0.15) is 0 Å². The topological polar surface area (TPSA) is 65.8 Å². The fourth-order valence-electron chi connectivity index (χ4n) is 5.52. The second-order valence-corrected chi connectivity index (χ2v) is 10.8. The van der Waals surface area contributed by atoms with Crippen LogP contribution in [0.5, 0.6) is 0 Å². The number of benzene rings is 3. The van der Waals surface area contributed by atoms with Crippen molar-refractivity contribution in [1.82, 2.24) is 9.80 Å². The van der Waals surface area contributed by atoms with Gasteiger partial charge >= 0.3 is 0 Å². The number of nitrogens with one attached hydrogen (secondary N) is 1. The van der Waals surface area contributed by atoms with E-state index in [0.717, 1.165) is 60.7 Å². The van der Waals surface area contributed by atoms with Crippen LogP contribution in [0, 0.1) is 13.8 Å². The average molecular weight is 536 g/mol. The molecule has 1 atom stereocenters. The fourth-order valence-corrected chi connectivity index (χ4v) is 5.52. The molecule has 3 aromatic carbocycles. The molecule has 40 heavy (non-hydrogen) atoms. The summed E-state index contributed by atoms with van der Waals surface area (Å²) < 4.78 is 6.58. The van der Waals surface area contributed by atoms with E-state index in [0.29, 0.717) is 22.3 Å². The number of amides is 1. The summed E-state index contributed by atoms with van der Waals surface area (Å²) in [4.78, 5) is 29.5. The predicted octanol–water partition coefficient (Wildman–Crippen LogP) is 6.56. The minimum absolute atomic E-state index is 0.00712. The highest BCUT2D eigenvalue weighted by Crippen LogP contribution is 2.33. The molecule has 0 radical (unpaired) electrons. The van der Waals surface area contributed by atoms with Gasteiger partial charge in [0.1, 0.15) is 11.3 Å². The van der Waals surface area contributed by atoms with Crippen LogP contribution in [0.15, 0.2) is 76.5 Å². The number of piperazine rings is 1. The number of hydrogen-bond acceptors (Lipinski definition) is 5. The highest BCUT2D eigenvalue weighted by atomic mass is 16.3. The Balaban J connectivity index is 1.45. The maximum atomic E-state index is 13.6. The second kappa shape index (κ2) is 11.5. The number of hydrogen-bond donors (Lipinski definition) is 1. The molecule has 0 bridgehead atoms. The largest absolute Gasteiger partial charge is 0.455 e. The van der Waals surface area contributed by atoms with E-state index >= 15 is 0 Å².